The van der Waals surface area contributed by atoms with E-state index in [0.29, 0.717) is 13.1 Å². The SMILES string of the molecule is CC(NC(=O)Cn1cc(/C=C2\SC(=O)N(CC(=O)N3CCCC3)C2=O)c2ccccc21)c1ccccc1. The predicted octanol–water partition coefficient (Wildman–Crippen LogP) is 4.18. The Balaban J connectivity index is 1.34. The van der Waals surface area contributed by atoms with Crippen molar-refractivity contribution in [2.45, 2.75) is 32.4 Å². The summed E-state index contributed by atoms with van der Waals surface area (Å²) in [7, 11) is 0. The average molecular weight is 517 g/mol. The van der Waals surface area contributed by atoms with E-state index < -0.39 is 11.1 Å². The fourth-order valence-electron chi connectivity index (χ4n) is 4.77. The fourth-order valence-corrected chi connectivity index (χ4v) is 5.60. The fraction of sp³-hybridized carbons (Fsp3) is 0.286. The third-order valence-electron chi connectivity index (χ3n) is 6.72. The monoisotopic (exact) mass is 516 g/mol. The van der Waals surface area contributed by atoms with Crippen LogP contribution in [0.5, 0.6) is 0 Å². The Hall–Kier alpha value is -3.85. The van der Waals surface area contributed by atoms with Gasteiger partial charge < -0.3 is 14.8 Å². The lowest BCUT2D eigenvalue weighted by atomic mass is 10.1. The van der Waals surface area contributed by atoms with E-state index in [1.54, 1.807) is 11.0 Å². The van der Waals surface area contributed by atoms with Gasteiger partial charge in [-0.3, -0.25) is 24.1 Å². The smallest absolute Gasteiger partial charge is 0.294 e. The van der Waals surface area contributed by atoms with Crippen LogP contribution < -0.4 is 5.32 Å². The number of thioether (sulfide) groups is 1. The molecular weight excluding hydrogens is 488 g/mol. The predicted molar refractivity (Wildman–Crippen MR) is 143 cm³/mol. The molecule has 4 amide bonds. The second kappa shape index (κ2) is 10.6. The van der Waals surface area contributed by atoms with Crippen LogP contribution in [-0.2, 0) is 20.9 Å². The number of aromatic nitrogens is 1. The summed E-state index contributed by atoms with van der Waals surface area (Å²) < 4.78 is 1.84. The molecule has 3 heterocycles. The van der Waals surface area contributed by atoms with Crippen LogP contribution >= 0.6 is 11.8 Å². The van der Waals surface area contributed by atoms with E-state index in [1.165, 1.54) is 0 Å². The summed E-state index contributed by atoms with van der Waals surface area (Å²) in [5, 5.41) is 3.46. The van der Waals surface area contributed by atoms with E-state index in [4.69, 9.17) is 0 Å². The molecule has 0 saturated carbocycles. The molecule has 1 N–H and O–H groups in total. The molecular formula is C28H28N4O4S. The zero-order valence-electron chi connectivity index (χ0n) is 20.6. The minimum Gasteiger partial charge on any atom is -0.348 e. The van der Waals surface area contributed by atoms with E-state index in [-0.39, 0.29) is 35.9 Å². The van der Waals surface area contributed by atoms with Crippen molar-refractivity contribution in [3.63, 3.8) is 0 Å². The maximum atomic E-state index is 13.0. The molecule has 2 aromatic carbocycles. The second-order valence-electron chi connectivity index (χ2n) is 9.29. The van der Waals surface area contributed by atoms with Gasteiger partial charge in [-0.05, 0) is 49.2 Å². The number of amides is 4. The van der Waals surface area contributed by atoms with Gasteiger partial charge in [0.15, 0.2) is 0 Å². The van der Waals surface area contributed by atoms with Gasteiger partial charge in [0.05, 0.1) is 10.9 Å². The summed E-state index contributed by atoms with van der Waals surface area (Å²) in [6.07, 6.45) is 5.39. The highest BCUT2D eigenvalue weighted by molar-refractivity contribution is 8.18. The third kappa shape index (κ3) is 5.32. The molecule has 3 aromatic rings. The van der Waals surface area contributed by atoms with Gasteiger partial charge in [0.25, 0.3) is 11.1 Å². The normalized spacial score (nSPS) is 17.7. The Kier molecular flexibility index (Phi) is 7.14. The first kappa shape index (κ1) is 24.8. The van der Waals surface area contributed by atoms with E-state index >= 15 is 0 Å². The van der Waals surface area contributed by atoms with E-state index in [2.05, 4.69) is 5.32 Å². The number of fused-ring (bicyclic) bond motifs is 1. The molecule has 1 atom stereocenters. The molecule has 9 heteroatoms. The Morgan fingerprint density at radius 1 is 1.00 bits per heavy atom. The summed E-state index contributed by atoms with van der Waals surface area (Å²) in [6, 6.07) is 17.2. The Morgan fingerprint density at radius 2 is 1.70 bits per heavy atom. The number of hydrogen-bond acceptors (Lipinski definition) is 5. The molecule has 2 aliphatic heterocycles. The number of carbonyl (C=O) groups is 4. The molecule has 190 valence electrons. The van der Waals surface area contributed by atoms with Crippen molar-refractivity contribution in [2.24, 2.45) is 0 Å². The minimum absolute atomic E-state index is 0.108. The van der Waals surface area contributed by atoms with Gasteiger partial charge in [0.1, 0.15) is 13.1 Å². The quantitative estimate of drug-likeness (QED) is 0.476. The molecule has 37 heavy (non-hydrogen) atoms. The van der Waals surface area contributed by atoms with Crippen LogP contribution in [0.1, 0.15) is 36.9 Å². The minimum atomic E-state index is -0.464. The first-order chi connectivity index (χ1) is 17.9. The van der Waals surface area contributed by atoms with Crippen LogP contribution in [0, 0.1) is 0 Å². The number of imide groups is 1. The summed E-state index contributed by atoms with van der Waals surface area (Å²) in [4.78, 5) is 53.9. The van der Waals surface area contributed by atoms with Crippen molar-refractivity contribution in [2.75, 3.05) is 19.6 Å². The Labute approximate surface area is 219 Å². The van der Waals surface area contributed by atoms with Crippen LogP contribution in [0.2, 0.25) is 0 Å². The van der Waals surface area contributed by atoms with Crippen molar-refractivity contribution < 1.29 is 19.2 Å². The van der Waals surface area contributed by atoms with E-state index in [0.717, 1.165) is 51.5 Å². The number of nitrogens with one attached hydrogen (secondary N) is 1. The molecule has 1 unspecified atom stereocenters. The third-order valence-corrected chi connectivity index (χ3v) is 7.63. The summed E-state index contributed by atoms with van der Waals surface area (Å²) in [5.74, 6) is -0.799. The molecule has 1 aromatic heterocycles. The van der Waals surface area contributed by atoms with Gasteiger partial charge in [-0.25, -0.2) is 0 Å². The molecule has 2 aliphatic rings. The van der Waals surface area contributed by atoms with Crippen molar-refractivity contribution in [1.82, 2.24) is 19.7 Å². The Bertz CT molecular complexity index is 1390. The summed E-state index contributed by atoms with van der Waals surface area (Å²) in [5.41, 5.74) is 2.60. The van der Waals surface area contributed by atoms with Crippen LogP contribution in [0.25, 0.3) is 17.0 Å². The van der Waals surface area contributed by atoms with Gasteiger partial charge in [-0.1, -0.05) is 48.5 Å². The van der Waals surface area contributed by atoms with Crippen molar-refractivity contribution in [1.29, 1.82) is 0 Å². The van der Waals surface area contributed by atoms with Gasteiger partial charge in [-0.2, -0.15) is 0 Å². The van der Waals surface area contributed by atoms with Gasteiger partial charge in [0.2, 0.25) is 11.8 Å². The number of para-hydroxylation sites is 1. The number of nitrogens with zero attached hydrogens (tertiary/aromatic N) is 3. The van der Waals surface area contributed by atoms with Crippen LogP contribution in [0.4, 0.5) is 4.79 Å². The van der Waals surface area contributed by atoms with Gasteiger partial charge >= 0.3 is 0 Å². The lowest BCUT2D eigenvalue weighted by Gasteiger charge is -2.18. The van der Waals surface area contributed by atoms with E-state index in [9.17, 15) is 19.2 Å². The molecule has 0 bridgehead atoms. The van der Waals surface area contributed by atoms with Crippen LogP contribution in [0.3, 0.4) is 0 Å². The molecule has 0 radical (unpaired) electrons. The first-order valence-corrected chi connectivity index (χ1v) is 13.2. The standard InChI is InChI=1S/C28H28N4O4S/c1-19(20-9-3-2-4-10-20)29-25(33)17-31-16-21(22-11-5-6-12-23(22)31)15-24-27(35)32(28(36)37-24)18-26(34)30-13-7-8-14-30/h2-6,9-12,15-16,19H,7-8,13-14,17-18H2,1H3,(H,29,33)/b24-15-. The van der Waals surface area contributed by atoms with Crippen molar-refractivity contribution >= 4 is 51.7 Å². The van der Waals surface area contributed by atoms with Gasteiger partial charge in [0, 0.05) is 35.8 Å². The second-order valence-corrected chi connectivity index (χ2v) is 10.3. The Morgan fingerprint density at radius 3 is 2.46 bits per heavy atom. The zero-order chi connectivity index (χ0) is 25.9. The summed E-state index contributed by atoms with van der Waals surface area (Å²) in [6.45, 7) is 3.15. The molecule has 0 aliphatic carbocycles. The highest BCUT2D eigenvalue weighted by Gasteiger charge is 2.37. The number of likely N-dealkylation sites (tertiary alicyclic amines) is 1. The number of carbonyl (C=O) groups excluding carboxylic acids is 4. The molecule has 5 rings (SSSR count). The summed E-state index contributed by atoms with van der Waals surface area (Å²) >= 11 is 0.838. The van der Waals surface area contributed by atoms with E-state index in [1.807, 2.05) is 72.3 Å². The lowest BCUT2D eigenvalue weighted by molar-refractivity contribution is -0.135. The van der Waals surface area contributed by atoms with Crippen molar-refractivity contribution in [3.05, 3.63) is 76.8 Å². The molecule has 2 fully saturated rings. The highest BCUT2D eigenvalue weighted by atomic mass is 32.2. The first-order valence-electron chi connectivity index (χ1n) is 12.4. The van der Waals surface area contributed by atoms with Crippen LogP contribution in [0.15, 0.2) is 65.7 Å². The zero-order valence-corrected chi connectivity index (χ0v) is 21.4. The largest absolute Gasteiger partial charge is 0.348 e. The maximum absolute atomic E-state index is 13.0. The average Bonchev–Trinajstić information content (AvgIpc) is 3.61. The maximum Gasteiger partial charge on any atom is 0.294 e. The molecule has 8 nitrogen and oxygen atoms in total. The lowest BCUT2D eigenvalue weighted by Crippen LogP contribution is -2.40. The topological polar surface area (TPSA) is 91.7 Å². The number of benzene rings is 2. The molecule has 2 saturated heterocycles. The number of hydrogen-bond donors (Lipinski definition) is 1. The van der Waals surface area contributed by atoms with Crippen LogP contribution in [-0.4, -0.2) is 57.0 Å². The van der Waals surface area contributed by atoms with Gasteiger partial charge in [-0.15, -0.1) is 0 Å². The number of rotatable bonds is 7. The van der Waals surface area contributed by atoms with Crippen molar-refractivity contribution in [3.8, 4) is 0 Å². The molecule has 0 spiro atoms. The highest BCUT2D eigenvalue weighted by Crippen LogP contribution is 2.34.